The van der Waals surface area contributed by atoms with Crippen molar-refractivity contribution in [3.63, 3.8) is 0 Å². The van der Waals surface area contributed by atoms with Gasteiger partial charge in [-0.25, -0.2) is 9.78 Å². The number of nitrogens with zero attached hydrogens (tertiary/aromatic N) is 3. The quantitative estimate of drug-likeness (QED) is 0.409. The first-order chi connectivity index (χ1) is 16.4. The number of aromatic nitrogens is 3. The molecule has 0 spiro atoms. The van der Waals surface area contributed by atoms with E-state index >= 15 is 0 Å². The molecule has 0 aliphatic rings. The maximum absolute atomic E-state index is 12.7. The fraction of sp³-hybridized carbons (Fsp3) is 0.231. The van der Waals surface area contributed by atoms with Crippen molar-refractivity contribution in [2.24, 2.45) is 0 Å². The maximum atomic E-state index is 12.7. The fourth-order valence-corrected chi connectivity index (χ4v) is 3.77. The first kappa shape index (κ1) is 23.0. The zero-order chi connectivity index (χ0) is 24.2. The van der Waals surface area contributed by atoms with Crippen LogP contribution in [0.4, 0.5) is 5.82 Å². The number of carbonyl (C=O) groups excluding carboxylic acids is 2. The second-order valence-corrected chi connectivity index (χ2v) is 7.96. The molecule has 8 heteroatoms. The Labute approximate surface area is 197 Å². The summed E-state index contributed by atoms with van der Waals surface area (Å²) in [4.78, 5) is 30.1. The first-order valence-corrected chi connectivity index (χ1v) is 11.0. The van der Waals surface area contributed by atoms with E-state index < -0.39 is 11.9 Å². The second-order valence-electron chi connectivity index (χ2n) is 7.96. The lowest BCUT2D eigenvalue weighted by Crippen LogP contribution is -2.23. The Kier molecular flexibility index (Phi) is 6.58. The van der Waals surface area contributed by atoms with Gasteiger partial charge >= 0.3 is 5.97 Å². The van der Waals surface area contributed by atoms with Crippen LogP contribution in [0, 0.1) is 20.8 Å². The lowest BCUT2D eigenvalue weighted by atomic mass is 10.0. The predicted octanol–water partition coefficient (Wildman–Crippen LogP) is 4.54. The minimum atomic E-state index is -0.586. The summed E-state index contributed by atoms with van der Waals surface area (Å²) in [5, 5.41) is 8.15. The molecule has 0 aliphatic carbocycles. The number of carbonyl (C=O) groups is 2. The lowest BCUT2D eigenvalue weighted by molar-refractivity contribution is -0.118. The number of hydrogen-bond acceptors (Lipinski definition) is 6. The molecule has 0 atom stereocenters. The Bertz CT molecular complexity index is 1360. The molecule has 2 aromatic carbocycles. The molecule has 0 saturated carbocycles. The van der Waals surface area contributed by atoms with E-state index in [-0.39, 0.29) is 24.6 Å². The van der Waals surface area contributed by atoms with Crippen molar-refractivity contribution in [2.75, 3.05) is 18.5 Å². The average molecular weight is 459 g/mol. The number of para-hydroxylation sites is 1. The fourth-order valence-electron chi connectivity index (χ4n) is 3.77. The van der Waals surface area contributed by atoms with E-state index in [0.717, 1.165) is 27.6 Å². The van der Waals surface area contributed by atoms with Gasteiger partial charge in [0.25, 0.3) is 5.91 Å². The molecule has 4 rings (SSSR count). The molecule has 0 unspecified atom stereocenters. The van der Waals surface area contributed by atoms with Gasteiger partial charge in [-0.3, -0.25) is 4.79 Å². The molecule has 2 aromatic heterocycles. The molecule has 174 valence electrons. The van der Waals surface area contributed by atoms with Crippen LogP contribution in [0.15, 0.2) is 54.7 Å². The van der Waals surface area contributed by atoms with Crippen LogP contribution in [0.5, 0.6) is 5.75 Å². The number of fused-ring (bicyclic) bond motifs is 1. The smallest absolute Gasteiger partial charge is 0.343 e. The van der Waals surface area contributed by atoms with E-state index in [2.05, 4.69) is 22.5 Å². The molecular formula is C26H26N4O4. The predicted molar refractivity (Wildman–Crippen MR) is 130 cm³/mol. The van der Waals surface area contributed by atoms with Gasteiger partial charge < -0.3 is 14.8 Å². The van der Waals surface area contributed by atoms with Crippen LogP contribution in [0.3, 0.4) is 0 Å². The molecule has 0 radical (unpaired) electrons. The van der Waals surface area contributed by atoms with Gasteiger partial charge in [-0.2, -0.15) is 9.78 Å². The summed E-state index contributed by atoms with van der Waals surface area (Å²) >= 11 is 0. The summed E-state index contributed by atoms with van der Waals surface area (Å²) in [7, 11) is 0. The minimum Gasteiger partial charge on any atom is -0.484 e. The molecule has 0 fully saturated rings. The highest BCUT2D eigenvalue weighted by Crippen LogP contribution is 2.27. The van der Waals surface area contributed by atoms with Crippen molar-refractivity contribution >= 4 is 28.6 Å². The van der Waals surface area contributed by atoms with E-state index in [4.69, 9.17) is 14.5 Å². The molecule has 1 N–H and O–H groups in total. The summed E-state index contributed by atoms with van der Waals surface area (Å²) in [5.41, 5.74) is 4.15. The van der Waals surface area contributed by atoms with Gasteiger partial charge in [-0.1, -0.05) is 29.8 Å². The minimum absolute atomic E-state index is 0.134. The zero-order valence-electron chi connectivity index (χ0n) is 19.6. The summed E-state index contributed by atoms with van der Waals surface area (Å²) in [5.74, 6) is 0.190. The summed E-state index contributed by atoms with van der Waals surface area (Å²) in [6.45, 7) is 7.72. The molecular weight excluding hydrogens is 432 g/mol. The summed E-state index contributed by atoms with van der Waals surface area (Å²) in [6, 6.07) is 15.0. The van der Waals surface area contributed by atoms with Gasteiger partial charge in [0.15, 0.2) is 18.2 Å². The highest BCUT2D eigenvalue weighted by molar-refractivity contribution is 6.01. The number of ether oxygens (including phenoxy) is 2. The van der Waals surface area contributed by atoms with E-state index in [1.54, 1.807) is 19.1 Å². The average Bonchev–Trinajstić information content (AvgIpc) is 3.22. The number of aryl methyl sites for hydroxylation is 3. The van der Waals surface area contributed by atoms with Crippen molar-refractivity contribution in [3.05, 3.63) is 77.0 Å². The van der Waals surface area contributed by atoms with Crippen molar-refractivity contribution in [1.82, 2.24) is 14.8 Å². The van der Waals surface area contributed by atoms with Crippen LogP contribution in [-0.4, -0.2) is 39.9 Å². The summed E-state index contributed by atoms with van der Waals surface area (Å²) < 4.78 is 12.1. The van der Waals surface area contributed by atoms with Crippen LogP contribution in [0.25, 0.3) is 16.7 Å². The van der Waals surface area contributed by atoms with Gasteiger partial charge in [0.2, 0.25) is 0 Å². The number of anilines is 1. The first-order valence-electron chi connectivity index (χ1n) is 11.0. The Morgan fingerprint density at radius 3 is 2.53 bits per heavy atom. The van der Waals surface area contributed by atoms with E-state index in [0.29, 0.717) is 11.6 Å². The van der Waals surface area contributed by atoms with Crippen molar-refractivity contribution in [3.8, 4) is 11.6 Å². The van der Waals surface area contributed by atoms with Gasteiger partial charge in [0, 0.05) is 5.39 Å². The number of nitrogens with one attached hydrogen (secondary N) is 1. The van der Waals surface area contributed by atoms with Gasteiger partial charge in [0.05, 0.1) is 18.3 Å². The standard InChI is InChI=1S/C26H26N4O4/c1-5-33-26(32)21-14-27-30(25(21)29-23(31)15-34-19-9-7-6-8-10-19)22-13-17(3)20-12-16(2)11-18(4)24(20)28-22/h6-14H,5,15H2,1-4H3,(H,29,31). The highest BCUT2D eigenvalue weighted by atomic mass is 16.5. The zero-order valence-corrected chi connectivity index (χ0v) is 19.6. The second kappa shape index (κ2) is 9.74. The lowest BCUT2D eigenvalue weighted by Gasteiger charge is -2.14. The van der Waals surface area contributed by atoms with Gasteiger partial charge in [0.1, 0.15) is 11.3 Å². The Morgan fingerprint density at radius 1 is 1.03 bits per heavy atom. The number of benzene rings is 2. The third-order valence-corrected chi connectivity index (χ3v) is 5.29. The Balaban J connectivity index is 1.72. The molecule has 1 amide bonds. The molecule has 0 aliphatic heterocycles. The van der Waals surface area contributed by atoms with Crippen LogP contribution >= 0.6 is 0 Å². The molecule has 2 heterocycles. The van der Waals surface area contributed by atoms with E-state index in [1.165, 1.54) is 10.9 Å². The van der Waals surface area contributed by atoms with Gasteiger partial charge in [-0.05, 0) is 63.1 Å². The molecule has 4 aromatic rings. The topological polar surface area (TPSA) is 95.3 Å². The van der Waals surface area contributed by atoms with Crippen molar-refractivity contribution in [1.29, 1.82) is 0 Å². The Hall–Kier alpha value is -4.20. The van der Waals surface area contributed by atoms with Crippen LogP contribution in [0.1, 0.15) is 34.0 Å². The number of amides is 1. The van der Waals surface area contributed by atoms with Crippen molar-refractivity contribution in [2.45, 2.75) is 27.7 Å². The van der Waals surface area contributed by atoms with E-state index in [1.807, 2.05) is 45.0 Å². The van der Waals surface area contributed by atoms with E-state index in [9.17, 15) is 9.59 Å². The number of pyridine rings is 1. The number of rotatable bonds is 7. The SMILES string of the molecule is CCOC(=O)c1cnn(-c2cc(C)c3cc(C)cc(C)c3n2)c1NC(=O)COc1ccccc1. The highest BCUT2D eigenvalue weighted by Gasteiger charge is 2.23. The third kappa shape index (κ3) is 4.76. The maximum Gasteiger partial charge on any atom is 0.343 e. The molecule has 8 nitrogen and oxygen atoms in total. The van der Waals surface area contributed by atoms with Crippen LogP contribution < -0.4 is 10.1 Å². The van der Waals surface area contributed by atoms with Crippen molar-refractivity contribution < 1.29 is 19.1 Å². The van der Waals surface area contributed by atoms with Crippen LogP contribution in [-0.2, 0) is 9.53 Å². The molecule has 34 heavy (non-hydrogen) atoms. The Morgan fingerprint density at radius 2 is 1.79 bits per heavy atom. The largest absolute Gasteiger partial charge is 0.484 e. The normalized spacial score (nSPS) is 10.8. The van der Waals surface area contributed by atoms with Gasteiger partial charge in [-0.15, -0.1) is 0 Å². The van der Waals surface area contributed by atoms with Crippen LogP contribution in [0.2, 0.25) is 0 Å². The number of esters is 1. The summed E-state index contributed by atoms with van der Waals surface area (Å²) in [6.07, 6.45) is 1.37. The molecule has 0 bridgehead atoms. The number of hydrogen-bond donors (Lipinski definition) is 1. The molecule has 0 saturated heterocycles. The monoisotopic (exact) mass is 458 g/mol. The third-order valence-electron chi connectivity index (χ3n) is 5.29.